The predicted molar refractivity (Wildman–Crippen MR) is 75.2 cm³/mol. The van der Waals surface area contributed by atoms with Crippen molar-refractivity contribution >= 4 is 12.0 Å². The first kappa shape index (κ1) is 16.8. The van der Waals surface area contributed by atoms with Crippen LogP contribution in [0.5, 0.6) is 0 Å². The molecule has 6 nitrogen and oxygen atoms in total. The van der Waals surface area contributed by atoms with Crippen LogP contribution in [0.1, 0.15) is 41.0 Å². The zero-order valence-electron chi connectivity index (χ0n) is 13.0. The molecule has 0 bridgehead atoms. The average molecular weight is 286 g/mol. The minimum Gasteiger partial charge on any atom is -0.444 e. The van der Waals surface area contributed by atoms with E-state index in [9.17, 15) is 14.7 Å². The highest BCUT2D eigenvalue weighted by Crippen LogP contribution is 2.20. The summed E-state index contributed by atoms with van der Waals surface area (Å²) >= 11 is 0. The summed E-state index contributed by atoms with van der Waals surface area (Å²) in [6.07, 6.45) is 0.0694. The second-order valence-corrected chi connectivity index (χ2v) is 6.67. The molecule has 6 heteroatoms. The van der Waals surface area contributed by atoms with Crippen LogP contribution in [0.4, 0.5) is 4.79 Å². The molecule has 0 saturated carbocycles. The third-order valence-electron chi connectivity index (χ3n) is 2.99. The lowest BCUT2D eigenvalue weighted by atomic mass is 9.99. The monoisotopic (exact) mass is 286 g/mol. The van der Waals surface area contributed by atoms with E-state index in [1.54, 1.807) is 20.8 Å². The van der Waals surface area contributed by atoms with Crippen LogP contribution in [0.3, 0.4) is 0 Å². The fourth-order valence-electron chi connectivity index (χ4n) is 2.16. The van der Waals surface area contributed by atoms with Crippen molar-refractivity contribution in [1.82, 2.24) is 10.2 Å². The summed E-state index contributed by atoms with van der Waals surface area (Å²) in [6, 6.07) is -0.967. The van der Waals surface area contributed by atoms with Crippen LogP contribution >= 0.6 is 0 Å². The fourth-order valence-corrected chi connectivity index (χ4v) is 2.16. The zero-order chi connectivity index (χ0) is 15.5. The number of carbonyl (C=O) groups excluding carboxylic acids is 2. The smallest absolute Gasteiger partial charge is 0.411 e. The molecule has 0 radical (unpaired) electrons. The van der Waals surface area contributed by atoms with Gasteiger partial charge in [0, 0.05) is 6.54 Å². The van der Waals surface area contributed by atoms with E-state index in [0.29, 0.717) is 6.42 Å². The summed E-state index contributed by atoms with van der Waals surface area (Å²) in [6.45, 7) is 9.44. The Morgan fingerprint density at radius 1 is 1.50 bits per heavy atom. The van der Waals surface area contributed by atoms with Gasteiger partial charge in [-0.25, -0.2) is 4.79 Å². The fraction of sp³-hybridized carbons (Fsp3) is 0.857. The molecule has 2 N–H and O–H groups in total. The van der Waals surface area contributed by atoms with Gasteiger partial charge in [-0.15, -0.1) is 0 Å². The molecule has 1 saturated heterocycles. The van der Waals surface area contributed by atoms with Crippen molar-refractivity contribution in [3.8, 4) is 0 Å². The number of rotatable bonds is 3. The Hall–Kier alpha value is -1.30. The number of ether oxygens (including phenoxy) is 1. The van der Waals surface area contributed by atoms with Gasteiger partial charge in [-0.05, 0) is 33.1 Å². The summed E-state index contributed by atoms with van der Waals surface area (Å²) in [4.78, 5) is 25.8. The Morgan fingerprint density at radius 2 is 2.10 bits per heavy atom. The van der Waals surface area contributed by atoms with E-state index in [-0.39, 0.29) is 25.0 Å². The number of nitrogens with zero attached hydrogens (tertiary/aromatic N) is 1. The lowest BCUT2D eigenvalue weighted by Crippen LogP contribution is -2.63. The third-order valence-corrected chi connectivity index (χ3v) is 2.99. The molecule has 20 heavy (non-hydrogen) atoms. The lowest BCUT2D eigenvalue weighted by molar-refractivity contribution is -0.131. The van der Waals surface area contributed by atoms with E-state index in [0.717, 1.165) is 0 Å². The highest BCUT2D eigenvalue weighted by atomic mass is 16.6. The molecule has 0 spiro atoms. The number of carbonyl (C=O) groups is 2. The van der Waals surface area contributed by atoms with Crippen LogP contribution < -0.4 is 5.32 Å². The highest BCUT2D eigenvalue weighted by molar-refractivity contribution is 5.87. The van der Waals surface area contributed by atoms with E-state index in [1.165, 1.54) is 4.90 Å². The number of hydrogen-bond donors (Lipinski definition) is 2. The number of hydrogen-bond acceptors (Lipinski definition) is 4. The summed E-state index contributed by atoms with van der Waals surface area (Å²) in [5.74, 6) is 0.0521. The van der Waals surface area contributed by atoms with Gasteiger partial charge < -0.3 is 15.2 Å². The van der Waals surface area contributed by atoms with E-state index in [4.69, 9.17) is 4.74 Å². The Morgan fingerprint density at radius 3 is 2.55 bits per heavy atom. The summed E-state index contributed by atoms with van der Waals surface area (Å²) < 4.78 is 5.36. The van der Waals surface area contributed by atoms with Crippen LogP contribution in [-0.4, -0.2) is 52.8 Å². The average Bonchev–Trinajstić information content (AvgIpc) is 2.28. The third kappa shape index (κ3) is 4.67. The van der Waals surface area contributed by atoms with Gasteiger partial charge in [0.25, 0.3) is 0 Å². The van der Waals surface area contributed by atoms with E-state index in [1.807, 2.05) is 13.8 Å². The number of nitrogens with one attached hydrogen (secondary N) is 1. The van der Waals surface area contributed by atoms with Crippen LogP contribution in [0.25, 0.3) is 0 Å². The maximum absolute atomic E-state index is 12.3. The Balaban J connectivity index is 2.88. The molecular formula is C14H26N2O4. The number of piperazine rings is 1. The number of amides is 2. The molecule has 0 aliphatic carbocycles. The van der Waals surface area contributed by atoms with Crippen LogP contribution in [0, 0.1) is 5.92 Å². The molecule has 1 aliphatic rings. The summed E-state index contributed by atoms with van der Waals surface area (Å²) in [5, 5.41) is 11.9. The lowest BCUT2D eigenvalue weighted by Gasteiger charge is -2.39. The van der Waals surface area contributed by atoms with E-state index < -0.39 is 23.8 Å². The van der Waals surface area contributed by atoms with Gasteiger partial charge in [0.1, 0.15) is 11.6 Å². The summed E-state index contributed by atoms with van der Waals surface area (Å²) in [5.41, 5.74) is -0.609. The first-order chi connectivity index (χ1) is 9.14. The van der Waals surface area contributed by atoms with E-state index in [2.05, 4.69) is 5.32 Å². The topological polar surface area (TPSA) is 78.9 Å². The molecule has 1 rings (SSSR count). The van der Waals surface area contributed by atoms with Gasteiger partial charge in [0.05, 0.1) is 12.6 Å². The molecule has 1 heterocycles. The minimum atomic E-state index is -0.609. The maximum Gasteiger partial charge on any atom is 0.411 e. The maximum atomic E-state index is 12.3. The van der Waals surface area contributed by atoms with Crippen molar-refractivity contribution in [2.24, 2.45) is 5.92 Å². The Labute approximate surface area is 120 Å². The van der Waals surface area contributed by atoms with Gasteiger partial charge in [-0.1, -0.05) is 13.8 Å². The van der Waals surface area contributed by atoms with Gasteiger partial charge in [-0.3, -0.25) is 9.69 Å². The first-order valence-electron chi connectivity index (χ1n) is 7.05. The van der Waals surface area contributed by atoms with Crippen LogP contribution in [-0.2, 0) is 9.53 Å². The molecule has 1 fully saturated rings. The Bertz CT molecular complexity index is 363. The molecule has 116 valence electrons. The van der Waals surface area contributed by atoms with Gasteiger partial charge in [0.15, 0.2) is 0 Å². The van der Waals surface area contributed by atoms with Crippen LogP contribution in [0.15, 0.2) is 0 Å². The molecule has 0 aromatic heterocycles. The van der Waals surface area contributed by atoms with Crippen molar-refractivity contribution in [1.29, 1.82) is 0 Å². The molecular weight excluding hydrogens is 260 g/mol. The van der Waals surface area contributed by atoms with E-state index >= 15 is 0 Å². The Kier molecular flexibility index (Phi) is 5.39. The van der Waals surface area contributed by atoms with Crippen molar-refractivity contribution < 1.29 is 19.4 Å². The zero-order valence-corrected chi connectivity index (χ0v) is 13.0. The SMILES string of the molecule is CC(C)C[C@H]1C(=O)N[C@@H](CO)CN1C(=O)OC(C)(C)C. The molecule has 2 amide bonds. The van der Waals surface area contributed by atoms with Crippen LogP contribution in [0.2, 0.25) is 0 Å². The first-order valence-corrected chi connectivity index (χ1v) is 7.05. The quantitative estimate of drug-likeness (QED) is 0.815. The second-order valence-electron chi connectivity index (χ2n) is 6.67. The largest absolute Gasteiger partial charge is 0.444 e. The normalized spacial score (nSPS) is 23.8. The summed E-state index contributed by atoms with van der Waals surface area (Å²) in [7, 11) is 0. The minimum absolute atomic E-state index is 0.195. The van der Waals surface area contributed by atoms with Crippen molar-refractivity contribution in [3.63, 3.8) is 0 Å². The molecule has 0 unspecified atom stereocenters. The standard InChI is InChI=1S/C14H26N2O4/c1-9(2)6-11-12(18)15-10(8-17)7-16(11)13(19)20-14(3,4)5/h9-11,17H,6-8H2,1-5H3,(H,15,18)/t10-,11+/m1/s1. The molecule has 1 aliphatic heterocycles. The number of aliphatic hydroxyl groups excluding tert-OH is 1. The van der Waals surface area contributed by atoms with Gasteiger partial charge in [0.2, 0.25) is 5.91 Å². The second kappa shape index (κ2) is 6.43. The molecule has 0 aromatic carbocycles. The van der Waals surface area contributed by atoms with Gasteiger partial charge in [-0.2, -0.15) is 0 Å². The highest BCUT2D eigenvalue weighted by Gasteiger charge is 2.39. The van der Waals surface area contributed by atoms with Crippen molar-refractivity contribution in [3.05, 3.63) is 0 Å². The van der Waals surface area contributed by atoms with Crippen molar-refractivity contribution in [2.45, 2.75) is 58.7 Å². The number of aliphatic hydroxyl groups is 1. The predicted octanol–water partition coefficient (Wildman–Crippen LogP) is 1.13. The molecule has 0 aromatic rings. The molecule has 2 atom stereocenters. The van der Waals surface area contributed by atoms with Gasteiger partial charge >= 0.3 is 6.09 Å². The van der Waals surface area contributed by atoms with Crippen molar-refractivity contribution in [2.75, 3.05) is 13.2 Å².